The van der Waals surface area contributed by atoms with Crippen LogP contribution in [0.1, 0.15) is 0 Å². The molecule has 0 spiro atoms. The van der Waals surface area contributed by atoms with Gasteiger partial charge in [-0.05, 0) is 115 Å². The molecule has 0 atom stereocenters. The molecule has 0 aliphatic heterocycles. The van der Waals surface area contributed by atoms with Crippen LogP contribution in [0, 0.1) is 0 Å². The molecule has 0 N–H and O–H groups in total. The fourth-order valence-corrected chi connectivity index (χ4v) is 9.89. The van der Waals surface area contributed by atoms with Crippen LogP contribution in [0.2, 0.25) is 0 Å². The maximum atomic E-state index is 2.48. The van der Waals surface area contributed by atoms with Gasteiger partial charge in [-0.25, -0.2) is 0 Å². The molecule has 0 fully saturated rings. The zero-order valence-electron chi connectivity index (χ0n) is 32.9. The Hall–Kier alpha value is -7.52. The van der Waals surface area contributed by atoms with Crippen LogP contribution in [-0.2, 0) is 0 Å². The fraction of sp³-hybridized carbons (Fsp3) is 0. The first-order valence-electron chi connectivity index (χ1n) is 20.5. The highest BCUT2D eigenvalue weighted by Crippen LogP contribution is 2.49. The third kappa shape index (κ3) is 6.54. The molecule has 282 valence electrons. The number of anilines is 3. The lowest BCUT2D eigenvalue weighted by molar-refractivity contribution is 1.30. The topological polar surface area (TPSA) is 3.24 Å². The first-order valence-corrected chi connectivity index (χ1v) is 21.3. The van der Waals surface area contributed by atoms with E-state index in [9.17, 15) is 0 Å². The first kappa shape index (κ1) is 35.6. The lowest BCUT2D eigenvalue weighted by atomic mass is 9.93. The number of thiophene rings is 1. The molecule has 0 aliphatic rings. The highest BCUT2D eigenvalue weighted by atomic mass is 32.1. The van der Waals surface area contributed by atoms with Gasteiger partial charge in [0.2, 0.25) is 0 Å². The summed E-state index contributed by atoms with van der Waals surface area (Å²) in [6.45, 7) is 0. The number of benzene rings is 10. The van der Waals surface area contributed by atoms with Gasteiger partial charge in [0.05, 0.1) is 10.4 Å². The van der Waals surface area contributed by atoms with E-state index < -0.39 is 0 Å². The zero-order chi connectivity index (χ0) is 39.8. The number of hydrogen-bond donors (Lipinski definition) is 0. The van der Waals surface area contributed by atoms with Crippen LogP contribution in [0.15, 0.2) is 237 Å². The van der Waals surface area contributed by atoms with Crippen molar-refractivity contribution >= 4 is 59.3 Å². The second-order valence-corrected chi connectivity index (χ2v) is 16.3. The van der Waals surface area contributed by atoms with Crippen LogP contribution in [0.5, 0.6) is 0 Å². The normalized spacial score (nSPS) is 11.3. The Balaban J connectivity index is 1.18. The molecule has 0 radical (unpaired) electrons. The van der Waals surface area contributed by atoms with Gasteiger partial charge in [0.1, 0.15) is 0 Å². The van der Waals surface area contributed by atoms with Crippen molar-refractivity contribution in [3.05, 3.63) is 237 Å². The van der Waals surface area contributed by atoms with Gasteiger partial charge in [0.25, 0.3) is 0 Å². The summed E-state index contributed by atoms with van der Waals surface area (Å²) in [6.07, 6.45) is 0. The summed E-state index contributed by atoms with van der Waals surface area (Å²) < 4.78 is 2.52. The molecule has 0 unspecified atom stereocenters. The molecule has 10 aromatic carbocycles. The Morgan fingerprint density at radius 2 is 0.817 bits per heavy atom. The van der Waals surface area contributed by atoms with Crippen molar-refractivity contribution in [2.24, 2.45) is 0 Å². The Bertz CT molecular complexity index is 3270. The van der Waals surface area contributed by atoms with Crippen LogP contribution in [0.3, 0.4) is 0 Å². The van der Waals surface area contributed by atoms with Gasteiger partial charge in [0.15, 0.2) is 0 Å². The number of fused-ring (bicyclic) bond motifs is 4. The van der Waals surface area contributed by atoms with Crippen LogP contribution >= 0.6 is 11.3 Å². The van der Waals surface area contributed by atoms with Gasteiger partial charge < -0.3 is 4.90 Å². The predicted octanol–water partition coefficient (Wildman–Crippen LogP) is 17.0. The fourth-order valence-electron chi connectivity index (χ4n) is 8.73. The molecule has 2 heteroatoms. The summed E-state index contributed by atoms with van der Waals surface area (Å²) in [6, 6.07) is 86.2. The molecule has 11 aromatic rings. The van der Waals surface area contributed by atoms with Gasteiger partial charge in [-0.2, -0.15) is 0 Å². The monoisotopic (exact) mass is 781 g/mol. The Kier molecular flexibility index (Phi) is 9.11. The molecular formula is C58H39NS. The maximum Gasteiger partial charge on any atom is 0.0646 e. The number of rotatable bonds is 8. The van der Waals surface area contributed by atoms with E-state index in [2.05, 4.69) is 241 Å². The Labute approximate surface area is 354 Å². The second kappa shape index (κ2) is 15.3. The van der Waals surface area contributed by atoms with Gasteiger partial charge in [-0.15, -0.1) is 11.3 Å². The van der Waals surface area contributed by atoms with Gasteiger partial charge in [-0.1, -0.05) is 188 Å². The summed E-state index contributed by atoms with van der Waals surface area (Å²) in [5.41, 5.74) is 15.4. The highest BCUT2D eigenvalue weighted by Gasteiger charge is 2.22. The van der Waals surface area contributed by atoms with E-state index in [1.807, 2.05) is 11.3 Å². The lowest BCUT2D eigenvalue weighted by Gasteiger charge is -2.28. The predicted molar refractivity (Wildman–Crippen MR) is 259 cm³/mol. The molecule has 1 aromatic heterocycles. The molecule has 11 rings (SSSR count). The van der Waals surface area contributed by atoms with E-state index in [0.717, 1.165) is 17.1 Å². The average molecular weight is 782 g/mol. The summed E-state index contributed by atoms with van der Waals surface area (Å²) in [7, 11) is 0. The van der Waals surface area contributed by atoms with Crippen LogP contribution in [0.4, 0.5) is 17.1 Å². The van der Waals surface area contributed by atoms with Gasteiger partial charge in [0, 0.05) is 26.8 Å². The zero-order valence-corrected chi connectivity index (χ0v) is 33.7. The van der Waals surface area contributed by atoms with Gasteiger partial charge >= 0.3 is 0 Å². The van der Waals surface area contributed by atoms with E-state index in [1.165, 1.54) is 86.6 Å². The van der Waals surface area contributed by atoms with Crippen molar-refractivity contribution in [1.29, 1.82) is 0 Å². The Morgan fingerprint density at radius 1 is 0.283 bits per heavy atom. The lowest BCUT2D eigenvalue weighted by Crippen LogP contribution is -2.11. The Morgan fingerprint density at radius 3 is 1.52 bits per heavy atom. The van der Waals surface area contributed by atoms with Crippen LogP contribution in [-0.4, -0.2) is 0 Å². The number of nitrogens with zero attached hydrogens (tertiary/aromatic N) is 1. The van der Waals surface area contributed by atoms with Crippen molar-refractivity contribution < 1.29 is 0 Å². The molecule has 1 heterocycles. The van der Waals surface area contributed by atoms with Crippen molar-refractivity contribution in [2.45, 2.75) is 0 Å². The standard InChI is InChI=1S/C58H39NS/c1-5-16-40(17-6-1)46-30-35-57-54(36-46)55-37-47(41-18-7-2-8-19-41)38-56(58(55)60-57)59(48-31-28-45(29-32-48)51-27-15-25-43-24-13-14-26-50(43)51)49-33-34-52(42-20-9-3-10-21-42)53(39-49)44-22-11-4-12-23-44/h1-39H. The minimum absolute atomic E-state index is 1.10. The van der Waals surface area contributed by atoms with Crippen molar-refractivity contribution in [3.8, 4) is 55.6 Å². The van der Waals surface area contributed by atoms with E-state index in [0.29, 0.717) is 0 Å². The van der Waals surface area contributed by atoms with E-state index in [4.69, 9.17) is 0 Å². The quantitative estimate of drug-likeness (QED) is 0.148. The summed E-state index contributed by atoms with van der Waals surface area (Å²) in [5, 5.41) is 5.02. The molecule has 0 saturated carbocycles. The SMILES string of the molecule is c1ccc(-c2ccc3sc4c(N(c5ccc(-c6cccc7ccccc67)cc5)c5ccc(-c6ccccc6)c(-c6ccccc6)c5)cc(-c5ccccc5)cc4c3c2)cc1. The molecule has 1 nitrogen and oxygen atoms in total. The summed E-state index contributed by atoms with van der Waals surface area (Å²) >= 11 is 1.87. The number of hydrogen-bond acceptors (Lipinski definition) is 2. The average Bonchev–Trinajstić information content (AvgIpc) is 3.71. The largest absolute Gasteiger partial charge is 0.309 e. The molecular weight excluding hydrogens is 743 g/mol. The minimum atomic E-state index is 1.10. The maximum absolute atomic E-state index is 2.48. The molecule has 0 aliphatic carbocycles. The first-order chi connectivity index (χ1) is 29.7. The van der Waals surface area contributed by atoms with Crippen LogP contribution in [0.25, 0.3) is 86.6 Å². The molecule has 0 saturated heterocycles. The van der Waals surface area contributed by atoms with E-state index >= 15 is 0 Å². The van der Waals surface area contributed by atoms with Crippen molar-refractivity contribution in [2.75, 3.05) is 4.90 Å². The summed E-state index contributed by atoms with van der Waals surface area (Å²) in [4.78, 5) is 2.48. The van der Waals surface area contributed by atoms with Crippen molar-refractivity contribution in [3.63, 3.8) is 0 Å². The third-order valence-electron chi connectivity index (χ3n) is 11.7. The smallest absolute Gasteiger partial charge is 0.0646 e. The van der Waals surface area contributed by atoms with E-state index in [-0.39, 0.29) is 0 Å². The molecule has 0 amide bonds. The summed E-state index contributed by atoms with van der Waals surface area (Å²) in [5.74, 6) is 0. The van der Waals surface area contributed by atoms with Gasteiger partial charge in [-0.3, -0.25) is 0 Å². The minimum Gasteiger partial charge on any atom is -0.309 e. The second-order valence-electron chi connectivity index (χ2n) is 15.3. The molecule has 0 bridgehead atoms. The molecule has 60 heavy (non-hydrogen) atoms. The van der Waals surface area contributed by atoms with E-state index in [1.54, 1.807) is 0 Å². The highest BCUT2D eigenvalue weighted by molar-refractivity contribution is 7.26. The van der Waals surface area contributed by atoms with Crippen molar-refractivity contribution in [1.82, 2.24) is 0 Å². The van der Waals surface area contributed by atoms with Crippen LogP contribution < -0.4 is 4.90 Å². The third-order valence-corrected chi connectivity index (χ3v) is 12.9.